The molecule has 0 atom stereocenters. The van der Waals surface area contributed by atoms with Crippen LogP contribution in [0.1, 0.15) is 26.2 Å². The molecule has 0 saturated heterocycles. The van der Waals surface area contributed by atoms with Crippen molar-refractivity contribution in [2.75, 3.05) is 11.9 Å². The van der Waals surface area contributed by atoms with Crippen molar-refractivity contribution in [2.24, 2.45) is 0 Å². The zero-order valence-electron chi connectivity index (χ0n) is 8.32. The summed E-state index contributed by atoms with van der Waals surface area (Å²) in [6, 6.07) is 3.87. The van der Waals surface area contributed by atoms with Crippen molar-refractivity contribution in [2.45, 2.75) is 26.2 Å². The first-order valence-electron chi connectivity index (χ1n) is 4.93. The average Bonchev–Trinajstić information content (AvgIpc) is 2.16. The molecule has 0 spiro atoms. The number of rotatable bonds is 5. The standard InChI is InChI=1S/C11H15F2N/c1-2-3-4-8-14-11-9(12)6-5-7-10(11)13/h5-7,14H,2-4,8H2,1H3. The van der Waals surface area contributed by atoms with Crippen LogP contribution < -0.4 is 5.32 Å². The molecule has 0 aromatic heterocycles. The number of hydrogen-bond acceptors (Lipinski definition) is 1. The average molecular weight is 199 g/mol. The van der Waals surface area contributed by atoms with Crippen LogP contribution in [0, 0.1) is 11.6 Å². The molecule has 0 aliphatic heterocycles. The molecule has 0 radical (unpaired) electrons. The van der Waals surface area contributed by atoms with Crippen molar-refractivity contribution in [1.29, 1.82) is 0 Å². The second kappa shape index (κ2) is 5.58. The lowest BCUT2D eigenvalue weighted by Crippen LogP contribution is -2.05. The van der Waals surface area contributed by atoms with Crippen LogP contribution in [0.5, 0.6) is 0 Å². The van der Waals surface area contributed by atoms with E-state index in [1.165, 1.54) is 18.2 Å². The summed E-state index contributed by atoms with van der Waals surface area (Å²) in [6.07, 6.45) is 3.11. The quantitative estimate of drug-likeness (QED) is 0.715. The fourth-order valence-electron chi connectivity index (χ4n) is 1.26. The summed E-state index contributed by atoms with van der Waals surface area (Å²) in [5.74, 6) is -1.05. The van der Waals surface area contributed by atoms with E-state index in [1.54, 1.807) is 0 Å². The van der Waals surface area contributed by atoms with E-state index in [4.69, 9.17) is 0 Å². The van der Waals surface area contributed by atoms with Gasteiger partial charge in [0.25, 0.3) is 0 Å². The van der Waals surface area contributed by atoms with E-state index in [0.717, 1.165) is 19.3 Å². The number of unbranched alkanes of at least 4 members (excludes halogenated alkanes) is 2. The lowest BCUT2D eigenvalue weighted by molar-refractivity contribution is 0.586. The van der Waals surface area contributed by atoms with Gasteiger partial charge in [0, 0.05) is 6.54 Å². The minimum atomic E-state index is -0.526. The Kier molecular flexibility index (Phi) is 4.36. The van der Waals surface area contributed by atoms with Gasteiger partial charge in [0.1, 0.15) is 17.3 Å². The van der Waals surface area contributed by atoms with Crippen LogP contribution in [0.25, 0.3) is 0 Å². The number of para-hydroxylation sites is 1. The number of hydrogen-bond donors (Lipinski definition) is 1. The Labute approximate surface area is 83.1 Å². The summed E-state index contributed by atoms with van der Waals surface area (Å²) >= 11 is 0. The van der Waals surface area contributed by atoms with Crippen LogP contribution >= 0.6 is 0 Å². The maximum Gasteiger partial charge on any atom is 0.149 e. The Morgan fingerprint density at radius 3 is 2.36 bits per heavy atom. The van der Waals surface area contributed by atoms with Gasteiger partial charge >= 0.3 is 0 Å². The monoisotopic (exact) mass is 199 g/mol. The van der Waals surface area contributed by atoms with Gasteiger partial charge in [-0.2, -0.15) is 0 Å². The minimum Gasteiger partial charge on any atom is -0.380 e. The lowest BCUT2D eigenvalue weighted by Gasteiger charge is -2.07. The highest BCUT2D eigenvalue weighted by Gasteiger charge is 2.06. The van der Waals surface area contributed by atoms with Crippen molar-refractivity contribution >= 4 is 5.69 Å². The van der Waals surface area contributed by atoms with E-state index in [9.17, 15) is 8.78 Å². The zero-order valence-corrected chi connectivity index (χ0v) is 8.32. The molecule has 1 N–H and O–H groups in total. The van der Waals surface area contributed by atoms with Crippen molar-refractivity contribution < 1.29 is 8.78 Å². The van der Waals surface area contributed by atoms with Crippen LogP contribution in [-0.2, 0) is 0 Å². The SMILES string of the molecule is CCCCCNc1c(F)cccc1F. The first kappa shape index (κ1) is 11.0. The molecule has 14 heavy (non-hydrogen) atoms. The molecular weight excluding hydrogens is 184 g/mol. The van der Waals surface area contributed by atoms with Crippen LogP contribution in [0.3, 0.4) is 0 Å². The fraction of sp³-hybridized carbons (Fsp3) is 0.455. The Hall–Kier alpha value is -1.12. The molecule has 3 heteroatoms. The maximum absolute atomic E-state index is 13.1. The highest BCUT2D eigenvalue weighted by molar-refractivity contribution is 5.45. The summed E-state index contributed by atoms with van der Waals surface area (Å²) in [5, 5.41) is 2.77. The molecule has 0 heterocycles. The summed E-state index contributed by atoms with van der Waals surface area (Å²) in [5.41, 5.74) is -0.0106. The first-order chi connectivity index (χ1) is 6.75. The van der Waals surface area contributed by atoms with Gasteiger partial charge in [-0.15, -0.1) is 0 Å². The van der Waals surface area contributed by atoms with Gasteiger partial charge in [0.15, 0.2) is 0 Å². The molecule has 0 aliphatic carbocycles. The van der Waals surface area contributed by atoms with Crippen molar-refractivity contribution in [3.8, 4) is 0 Å². The Morgan fingerprint density at radius 1 is 1.14 bits per heavy atom. The van der Waals surface area contributed by atoms with Gasteiger partial charge in [-0.3, -0.25) is 0 Å². The van der Waals surface area contributed by atoms with Gasteiger partial charge < -0.3 is 5.32 Å². The van der Waals surface area contributed by atoms with Crippen LogP contribution in [0.4, 0.5) is 14.5 Å². The third-order valence-corrected chi connectivity index (χ3v) is 2.04. The van der Waals surface area contributed by atoms with Gasteiger partial charge in [-0.05, 0) is 18.6 Å². The smallest absolute Gasteiger partial charge is 0.149 e. The summed E-state index contributed by atoms with van der Waals surface area (Å²) < 4.78 is 26.1. The fourth-order valence-corrected chi connectivity index (χ4v) is 1.26. The molecule has 1 aromatic rings. The number of benzene rings is 1. The molecule has 0 fully saturated rings. The van der Waals surface area contributed by atoms with E-state index in [1.807, 2.05) is 0 Å². The molecule has 0 bridgehead atoms. The number of nitrogens with one attached hydrogen (secondary N) is 1. The second-order valence-electron chi connectivity index (χ2n) is 3.23. The largest absolute Gasteiger partial charge is 0.380 e. The molecule has 1 aromatic carbocycles. The van der Waals surface area contributed by atoms with Crippen molar-refractivity contribution in [3.05, 3.63) is 29.8 Å². The Balaban J connectivity index is 2.49. The second-order valence-corrected chi connectivity index (χ2v) is 3.23. The number of anilines is 1. The van der Waals surface area contributed by atoms with Crippen LogP contribution in [-0.4, -0.2) is 6.54 Å². The van der Waals surface area contributed by atoms with Gasteiger partial charge in [0.2, 0.25) is 0 Å². The molecule has 1 nitrogen and oxygen atoms in total. The first-order valence-corrected chi connectivity index (χ1v) is 4.93. The van der Waals surface area contributed by atoms with Crippen LogP contribution in [0.15, 0.2) is 18.2 Å². The highest BCUT2D eigenvalue weighted by atomic mass is 19.1. The maximum atomic E-state index is 13.1. The molecule has 78 valence electrons. The molecule has 0 saturated carbocycles. The third kappa shape index (κ3) is 2.98. The van der Waals surface area contributed by atoms with Crippen molar-refractivity contribution in [1.82, 2.24) is 0 Å². The van der Waals surface area contributed by atoms with Gasteiger partial charge in [0.05, 0.1) is 0 Å². The van der Waals surface area contributed by atoms with E-state index in [0.29, 0.717) is 6.54 Å². The lowest BCUT2D eigenvalue weighted by atomic mass is 10.2. The molecule has 0 amide bonds. The van der Waals surface area contributed by atoms with E-state index in [-0.39, 0.29) is 5.69 Å². The normalized spacial score (nSPS) is 10.2. The Bertz CT molecular complexity index is 266. The van der Waals surface area contributed by atoms with Gasteiger partial charge in [-0.25, -0.2) is 8.78 Å². The zero-order chi connectivity index (χ0) is 10.4. The molecule has 0 aliphatic rings. The van der Waals surface area contributed by atoms with Crippen LogP contribution in [0.2, 0.25) is 0 Å². The predicted octanol–water partition coefficient (Wildman–Crippen LogP) is 3.57. The number of halogens is 2. The predicted molar refractivity (Wildman–Crippen MR) is 54.4 cm³/mol. The Morgan fingerprint density at radius 2 is 1.79 bits per heavy atom. The third-order valence-electron chi connectivity index (χ3n) is 2.04. The van der Waals surface area contributed by atoms with Crippen molar-refractivity contribution in [3.63, 3.8) is 0 Å². The summed E-state index contributed by atoms with van der Waals surface area (Å²) in [7, 11) is 0. The minimum absolute atomic E-state index is 0.0106. The van der Waals surface area contributed by atoms with E-state index < -0.39 is 11.6 Å². The van der Waals surface area contributed by atoms with Gasteiger partial charge in [-0.1, -0.05) is 25.8 Å². The highest BCUT2D eigenvalue weighted by Crippen LogP contribution is 2.17. The molecular formula is C11H15F2N. The van der Waals surface area contributed by atoms with E-state index in [2.05, 4.69) is 12.2 Å². The summed E-state index contributed by atoms with van der Waals surface area (Å²) in [6.45, 7) is 2.70. The van der Waals surface area contributed by atoms with E-state index >= 15 is 0 Å². The summed E-state index contributed by atoms with van der Waals surface area (Å²) in [4.78, 5) is 0. The molecule has 1 rings (SSSR count). The molecule has 0 unspecified atom stereocenters. The topological polar surface area (TPSA) is 12.0 Å².